The summed E-state index contributed by atoms with van der Waals surface area (Å²) < 4.78 is 5.04. The molecule has 0 spiro atoms. The smallest absolute Gasteiger partial charge is 0.0668 e. The normalized spacial score (nSPS) is 17.4. The van der Waals surface area contributed by atoms with Crippen molar-refractivity contribution in [2.45, 2.75) is 5.92 Å². The summed E-state index contributed by atoms with van der Waals surface area (Å²) in [5.74, 6) is 0.359. The van der Waals surface area contributed by atoms with Crippen LogP contribution in [0.2, 0.25) is 5.02 Å². The summed E-state index contributed by atoms with van der Waals surface area (Å²) in [5, 5.41) is 0.642. The summed E-state index contributed by atoms with van der Waals surface area (Å²) in [7, 11) is 0. The van der Waals surface area contributed by atoms with Crippen LogP contribution in [0.1, 0.15) is 11.6 Å². The first-order chi connectivity index (χ1) is 5.77. The summed E-state index contributed by atoms with van der Waals surface area (Å²) in [6.45, 7) is 1.44. The molecular weight excluding hydrogens is 176 g/mol. The predicted molar refractivity (Wildman–Crippen MR) is 47.2 cm³/mol. The molecule has 0 atom stereocenters. The largest absolute Gasteiger partial charge is 0.397 e. The minimum absolute atomic E-state index is 0.359. The van der Waals surface area contributed by atoms with Crippen molar-refractivity contribution in [1.29, 1.82) is 0 Å². The van der Waals surface area contributed by atoms with Crippen LogP contribution in [0, 0.1) is 0 Å². The summed E-state index contributed by atoms with van der Waals surface area (Å²) >= 11 is 5.94. The zero-order valence-corrected chi connectivity index (χ0v) is 7.21. The molecule has 12 heavy (non-hydrogen) atoms. The van der Waals surface area contributed by atoms with Crippen molar-refractivity contribution >= 4 is 17.3 Å². The third-order valence-electron chi connectivity index (χ3n) is 1.92. The summed E-state index contributed by atoms with van der Waals surface area (Å²) in [6.07, 6.45) is 1.62. The molecule has 0 unspecified atom stereocenters. The molecule has 0 aliphatic carbocycles. The second kappa shape index (κ2) is 2.92. The molecule has 1 fully saturated rings. The molecule has 1 aliphatic rings. The van der Waals surface area contributed by atoms with Crippen LogP contribution in [0.5, 0.6) is 0 Å². The van der Waals surface area contributed by atoms with Gasteiger partial charge in [-0.3, -0.25) is 4.98 Å². The molecule has 0 amide bonds. The van der Waals surface area contributed by atoms with Crippen molar-refractivity contribution in [3.8, 4) is 0 Å². The van der Waals surface area contributed by atoms with E-state index in [1.165, 1.54) is 0 Å². The lowest BCUT2D eigenvalue weighted by Crippen LogP contribution is -2.26. The Labute approximate surface area is 75.5 Å². The van der Waals surface area contributed by atoms with Crippen LogP contribution in [0.25, 0.3) is 0 Å². The van der Waals surface area contributed by atoms with E-state index in [1.54, 1.807) is 12.3 Å². The van der Waals surface area contributed by atoms with Crippen LogP contribution in [0.15, 0.2) is 12.3 Å². The SMILES string of the molecule is Nc1cnc(C2COC2)c(Cl)c1. The van der Waals surface area contributed by atoms with Gasteiger partial charge in [0.1, 0.15) is 0 Å². The Morgan fingerprint density at radius 2 is 2.33 bits per heavy atom. The van der Waals surface area contributed by atoms with Gasteiger partial charge < -0.3 is 10.5 Å². The van der Waals surface area contributed by atoms with Crippen LogP contribution in [0.3, 0.4) is 0 Å². The fraction of sp³-hybridized carbons (Fsp3) is 0.375. The van der Waals surface area contributed by atoms with E-state index in [0.29, 0.717) is 16.6 Å². The fourth-order valence-electron chi connectivity index (χ4n) is 1.16. The van der Waals surface area contributed by atoms with Gasteiger partial charge in [-0.25, -0.2) is 0 Å². The van der Waals surface area contributed by atoms with Gasteiger partial charge in [0.05, 0.1) is 35.8 Å². The van der Waals surface area contributed by atoms with Gasteiger partial charge in [0.15, 0.2) is 0 Å². The minimum atomic E-state index is 0.359. The number of nitrogen functional groups attached to an aromatic ring is 1. The maximum absolute atomic E-state index is 5.94. The van der Waals surface area contributed by atoms with Gasteiger partial charge in [-0.05, 0) is 6.07 Å². The van der Waals surface area contributed by atoms with Crippen molar-refractivity contribution in [3.63, 3.8) is 0 Å². The van der Waals surface area contributed by atoms with Crippen LogP contribution < -0.4 is 5.73 Å². The Bertz CT molecular complexity index is 299. The first kappa shape index (κ1) is 7.83. The first-order valence-electron chi connectivity index (χ1n) is 3.76. The van der Waals surface area contributed by atoms with Gasteiger partial charge in [0, 0.05) is 5.92 Å². The van der Waals surface area contributed by atoms with Crippen LogP contribution in [-0.2, 0) is 4.74 Å². The highest BCUT2D eigenvalue weighted by molar-refractivity contribution is 6.31. The highest BCUT2D eigenvalue weighted by Gasteiger charge is 2.24. The number of nitrogens with two attached hydrogens (primary N) is 1. The Kier molecular flexibility index (Phi) is 1.90. The lowest BCUT2D eigenvalue weighted by Gasteiger charge is -2.25. The topological polar surface area (TPSA) is 48.1 Å². The maximum Gasteiger partial charge on any atom is 0.0668 e. The van der Waals surface area contributed by atoms with E-state index in [9.17, 15) is 0 Å². The first-order valence-corrected chi connectivity index (χ1v) is 4.14. The molecule has 1 saturated heterocycles. The molecule has 2 heterocycles. The van der Waals surface area contributed by atoms with Crippen LogP contribution >= 0.6 is 11.6 Å². The van der Waals surface area contributed by atoms with Gasteiger partial charge in [-0.15, -0.1) is 0 Å². The second-order valence-corrected chi connectivity index (χ2v) is 3.28. The van der Waals surface area contributed by atoms with E-state index in [0.717, 1.165) is 18.9 Å². The highest BCUT2D eigenvalue weighted by Crippen LogP contribution is 2.28. The number of aromatic nitrogens is 1. The lowest BCUT2D eigenvalue weighted by atomic mass is 10.0. The quantitative estimate of drug-likeness (QED) is 0.719. The number of pyridine rings is 1. The van der Waals surface area contributed by atoms with Gasteiger partial charge in [0.25, 0.3) is 0 Å². The molecule has 2 N–H and O–H groups in total. The molecule has 1 aromatic rings. The molecule has 1 aromatic heterocycles. The number of ether oxygens (including phenoxy) is 1. The number of halogens is 1. The molecule has 0 radical (unpaired) electrons. The molecule has 4 heteroatoms. The lowest BCUT2D eigenvalue weighted by molar-refractivity contribution is 0.00676. The van der Waals surface area contributed by atoms with Crippen molar-refractivity contribution < 1.29 is 4.74 Å². The standard InChI is InChI=1S/C8H9ClN2O/c9-7-1-6(10)2-11-8(7)5-3-12-4-5/h1-2,5H,3-4,10H2. The summed E-state index contributed by atoms with van der Waals surface area (Å²) in [5.41, 5.74) is 7.01. The zero-order chi connectivity index (χ0) is 8.55. The molecule has 0 saturated carbocycles. The highest BCUT2D eigenvalue weighted by atomic mass is 35.5. The Morgan fingerprint density at radius 3 is 2.83 bits per heavy atom. The van der Waals surface area contributed by atoms with E-state index in [2.05, 4.69) is 4.98 Å². The molecule has 3 nitrogen and oxygen atoms in total. The summed E-state index contributed by atoms with van der Waals surface area (Å²) in [6, 6.07) is 1.72. The van der Waals surface area contributed by atoms with Gasteiger partial charge in [-0.1, -0.05) is 11.6 Å². The third kappa shape index (κ3) is 1.26. The average molecular weight is 185 g/mol. The second-order valence-electron chi connectivity index (χ2n) is 2.87. The number of hydrogen-bond donors (Lipinski definition) is 1. The van der Waals surface area contributed by atoms with E-state index in [-0.39, 0.29) is 0 Å². The molecule has 0 aromatic carbocycles. The van der Waals surface area contributed by atoms with Crippen LogP contribution in [0.4, 0.5) is 5.69 Å². The zero-order valence-electron chi connectivity index (χ0n) is 6.46. The van der Waals surface area contributed by atoms with Crippen molar-refractivity contribution in [2.24, 2.45) is 0 Å². The van der Waals surface area contributed by atoms with Crippen LogP contribution in [-0.4, -0.2) is 18.2 Å². The third-order valence-corrected chi connectivity index (χ3v) is 2.22. The number of anilines is 1. The molecule has 2 rings (SSSR count). The predicted octanol–water partition coefficient (Wildman–Crippen LogP) is 1.43. The van der Waals surface area contributed by atoms with Gasteiger partial charge in [0.2, 0.25) is 0 Å². The Hall–Kier alpha value is -0.800. The van der Waals surface area contributed by atoms with Gasteiger partial charge in [-0.2, -0.15) is 0 Å². The Morgan fingerprint density at radius 1 is 1.58 bits per heavy atom. The minimum Gasteiger partial charge on any atom is -0.397 e. The van der Waals surface area contributed by atoms with Crippen molar-refractivity contribution in [3.05, 3.63) is 23.0 Å². The van der Waals surface area contributed by atoms with E-state index in [1.807, 2.05) is 0 Å². The maximum atomic E-state index is 5.94. The molecule has 64 valence electrons. The van der Waals surface area contributed by atoms with Gasteiger partial charge >= 0.3 is 0 Å². The molecule has 0 bridgehead atoms. The Balaban J connectivity index is 2.31. The van der Waals surface area contributed by atoms with E-state index in [4.69, 9.17) is 22.1 Å². The number of nitrogens with zero attached hydrogens (tertiary/aromatic N) is 1. The van der Waals surface area contributed by atoms with Crippen molar-refractivity contribution in [1.82, 2.24) is 4.98 Å². The monoisotopic (exact) mass is 184 g/mol. The van der Waals surface area contributed by atoms with E-state index >= 15 is 0 Å². The molecular formula is C8H9ClN2O. The average Bonchev–Trinajstić information content (AvgIpc) is 1.91. The number of rotatable bonds is 1. The number of hydrogen-bond acceptors (Lipinski definition) is 3. The fourth-order valence-corrected chi connectivity index (χ4v) is 1.49. The molecule has 1 aliphatic heterocycles. The summed E-state index contributed by atoms with van der Waals surface area (Å²) in [4.78, 5) is 4.16. The van der Waals surface area contributed by atoms with E-state index < -0.39 is 0 Å². The van der Waals surface area contributed by atoms with Crippen molar-refractivity contribution in [2.75, 3.05) is 18.9 Å².